The molecule has 0 bridgehead atoms. The molecule has 1 aromatic heterocycles. The monoisotopic (exact) mass is 128 g/mol. The standard InChI is InChI=1S/C4H4N2OS/c7-8-4-3-5-1-2-6-4/h1-3,6H. The molecule has 0 amide bonds. The van der Waals surface area contributed by atoms with Crippen LogP contribution < -0.4 is 0 Å². The molecule has 1 aromatic rings. The van der Waals surface area contributed by atoms with E-state index in [4.69, 9.17) is 0 Å². The van der Waals surface area contributed by atoms with Crippen molar-refractivity contribution in [3.05, 3.63) is 23.2 Å². The minimum atomic E-state index is 0.401. The summed E-state index contributed by atoms with van der Waals surface area (Å²) in [6.07, 6.45) is 4.68. The minimum Gasteiger partial charge on any atom is -0.348 e. The van der Waals surface area contributed by atoms with E-state index in [0.29, 0.717) is 15.9 Å². The van der Waals surface area contributed by atoms with Crippen molar-refractivity contribution in [2.24, 2.45) is 0 Å². The number of rotatable bonds is 0. The molecule has 1 heterocycles. The molecule has 42 valence electrons. The zero-order chi connectivity index (χ0) is 5.82. The molecular formula is C4H4N2OS. The number of aromatic amines is 1. The van der Waals surface area contributed by atoms with E-state index in [1.54, 1.807) is 12.4 Å². The van der Waals surface area contributed by atoms with Crippen LogP contribution in [0.15, 0.2) is 18.6 Å². The lowest BCUT2D eigenvalue weighted by atomic mass is 10.8. The summed E-state index contributed by atoms with van der Waals surface area (Å²) in [6, 6.07) is 0. The lowest BCUT2D eigenvalue weighted by molar-refractivity contribution is 0.699. The van der Waals surface area contributed by atoms with Gasteiger partial charge in [0.15, 0.2) is 4.64 Å². The third-order valence-electron chi connectivity index (χ3n) is 0.668. The van der Waals surface area contributed by atoms with E-state index in [1.807, 2.05) is 0 Å². The molecule has 0 radical (unpaired) electrons. The molecule has 0 saturated carbocycles. The van der Waals surface area contributed by atoms with Crippen LogP contribution in [-0.2, 0) is 11.3 Å². The Hall–Kier alpha value is -0.900. The first-order chi connectivity index (χ1) is 3.93. The van der Waals surface area contributed by atoms with Gasteiger partial charge in [0.1, 0.15) is 11.3 Å². The summed E-state index contributed by atoms with van der Waals surface area (Å²) in [5, 5.41) is 0. The molecule has 1 N–H and O–H groups in total. The van der Waals surface area contributed by atoms with Gasteiger partial charge in [-0.2, -0.15) is 0 Å². The molecule has 0 aliphatic carbocycles. The van der Waals surface area contributed by atoms with Crippen molar-refractivity contribution in [3.63, 3.8) is 0 Å². The molecule has 0 unspecified atom stereocenters. The molecule has 4 heteroatoms. The van der Waals surface area contributed by atoms with Crippen molar-refractivity contribution < 1.29 is 4.21 Å². The number of hydrogen-bond donors (Lipinski definition) is 1. The Bertz CT molecular complexity index is 233. The van der Waals surface area contributed by atoms with Gasteiger partial charge in [0.05, 0.1) is 6.20 Å². The van der Waals surface area contributed by atoms with Gasteiger partial charge in [0, 0.05) is 12.4 Å². The fourth-order valence-corrected chi connectivity index (χ4v) is 0.576. The van der Waals surface area contributed by atoms with Crippen molar-refractivity contribution in [3.8, 4) is 0 Å². The Kier molecular flexibility index (Phi) is 1.58. The highest BCUT2D eigenvalue weighted by Gasteiger charge is 1.70. The molecule has 0 aromatic carbocycles. The first-order valence-electron chi connectivity index (χ1n) is 2.05. The Labute approximate surface area is 49.5 Å². The molecule has 3 nitrogen and oxygen atoms in total. The van der Waals surface area contributed by atoms with E-state index in [-0.39, 0.29) is 0 Å². The SMILES string of the molecule is O=S=c1cncc[nH]1. The number of nitrogens with zero attached hydrogens (tertiary/aromatic N) is 1. The van der Waals surface area contributed by atoms with Gasteiger partial charge in [-0.15, -0.1) is 0 Å². The van der Waals surface area contributed by atoms with Gasteiger partial charge in [0.2, 0.25) is 0 Å². The van der Waals surface area contributed by atoms with Gasteiger partial charge in [-0.3, -0.25) is 4.98 Å². The predicted molar refractivity (Wildman–Crippen MR) is 30.0 cm³/mol. The smallest absolute Gasteiger partial charge is 0.152 e. The van der Waals surface area contributed by atoms with Crippen LogP contribution in [0.2, 0.25) is 0 Å². The van der Waals surface area contributed by atoms with E-state index in [1.165, 1.54) is 6.20 Å². The zero-order valence-electron chi connectivity index (χ0n) is 4.00. The van der Waals surface area contributed by atoms with Gasteiger partial charge >= 0.3 is 0 Å². The lowest BCUT2D eigenvalue weighted by Gasteiger charge is -1.75. The molecule has 0 saturated heterocycles. The second-order valence-corrected chi connectivity index (χ2v) is 1.79. The van der Waals surface area contributed by atoms with Crippen LogP contribution in [0.3, 0.4) is 0 Å². The van der Waals surface area contributed by atoms with Crippen LogP contribution in [0.4, 0.5) is 0 Å². The van der Waals surface area contributed by atoms with Crippen molar-refractivity contribution in [1.29, 1.82) is 0 Å². The van der Waals surface area contributed by atoms with Crippen LogP contribution in [0.1, 0.15) is 0 Å². The molecule has 8 heavy (non-hydrogen) atoms. The molecule has 0 aliphatic heterocycles. The van der Waals surface area contributed by atoms with Crippen LogP contribution in [-0.4, -0.2) is 14.2 Å². The summed E-state index contributed by atoms with van der Waals surface area (Å²) in [4.78, 5) is 6.41. The summed E-state index contributed by atoms with van der Waals surface area (Å²) in [5.74, 6) is 0. The quantitative estimate of drug-likeness (QED) is 0.506. The number of nitrogens with one attached hydrogen (secondary N) is 1. The van der Waals surface area contributed by atoms with Gasteiger partial charge in [-0.25, -0.2) is 4.21 Å². The molecule has 0 fully saturated rings. The Morgan fingerprint density at radius 3 is 3.00 bits per heavy atom. The Balaban J connectivity index is 3.41. The summed E-state index contributed by atoms with van der Waals surface area (Å²) in [5.41, 5.74) is 0. The van der Waals surface area contributed by atoms with Gasteiger partial charge in [-0.05, 0) is 0 Å². The van der Waals surface area contributed by atoms with E-state index in [2.05, 4.69) is 9.97 Å². The minimum absolute atomic E-state index is 0.401. The van der Waals surface area contributed by atoms with Crippen LogP contribution in [0.5, 0.6) is 0 Å². The number of aromatic nitrogens is 2. The average molecular weight is 128 g/mol. The summed E-state index contributed by atoms with van der Waals surface area (Å²) in [7, 11) is 0. The number of H-pyrrole nitrogens is 1. The summed E-state index contributed by atoms with van der Waals surface area (Å²) in [6.45, 7) is 0. The highest BCUT2D eigenvalue weighted by Crippen LogP contribution is 1.71. The maximum Gasteiger partial charge on any atom is 0.152 e. The summed E-state index contributed by atoms with van der Waals surface area (Å²) >= 11 is 0.401. The van der Waals surface area contributed by atoms with Crippen molar-refractivity contribution in [2.45, 2.75) is 0 Å². The first kappa shape index (κ1) is 5.24. The molecular weight excluding hydrogens is 124 g/mol. The zero-order valence-corrected chi connectivity index (χ0v) is 4.81. The van der Waals surface area contributed by atoms with Crippen molar-refractivity contribution >= 4 is 11.3 Å². The van der Waals surface area contributed by atoms with Crippen molar-refractivity contribution in [2.75, 3.05) is 0 Å². The second-order valence-electron chi connectivity index (χ2n) is 1.19. The van der Waals surface area contributed by atoms with E-state index < -0.39 is 0 Å². The Morgan fingerprint density at radius 1 is 1.75 bits per heavy atom. The van der Waals surface area contributed by atoms with Gasteiger partial charge in [-0.1, -0.05) is 0 Å². The fraction of sp³-hybridized carbons (Fsp3) is 0. The van der Waals surface area contributed by atoms with Crippen LogP contribution >= 0.6 is 0 Å². The van der Waals surface area contributed by atoms with Crippen molar-refractivity contribution in [1.82, 2.24) is 9.97 Å². The van der Waals surface area contributed by atoms with E-state index in [9.17, 15) is 4.21 Å². The topological polar surface area (TPSA) is 45.8 Å². The van der Waals surface area contributed by atoms with E-state index in [0.717, 1.165) is 0 Å². The highest BCUT2D eigenvalue weighted by molar-refractivity contribution is 7.56. The average Bonchev–Trinajstić information content (AvgIpc) is 1.90. The molecule has 0 atom stereocenters. The summed E-state index contributed by atoms with van der Waals surface area (Å²) < 4.78 is 10.5. The molecule has 1 rings (SSSR count). The largest absolute Gasteiger partial charge is 0.348 e. The van der Waals surface area contributed by atoms with Crippen LogP contribution in [0.25, 0.3) is 0 Å². The predicted octanol–water partition coefficient (Wildman–Crippen LogP) is 0.155. The molecule has 0 spiro atoms. The third-order valence-corrected chi connectivity index (χ3v) is 1.07. The maximum atomic E-state index is 9.98. The molecule has 0 aliphatic rings. The maximum absolute atomic E-state index is 9.98. The van der Waals surface area contributed by atoms with Gasteiger partial charge in [0.25, 0.3) is 0 Å². The second kappa shape index (κ2) is 2.42. The lowest BCUT2D eigenvalue weighted by Crippen LogP contribution is -1.74. The fourth-order valence-electron chi connectivity index (χ4n) is 0.356. The number of hydrogen-bond acceptors (Lipinski definition) is 2. The van der Waals surface area contributed by atoms with Crippen LogP contribution in [0, 0.1) is 4.64 Å². The normalized spacial score (nSPS) is 8.50. The van der Waals surface area contributed by atoms with E-state index >= 15 is 0 Å². The Morgan fingerprint density at radius 2 is 2.62 bits per heavy atom. The first-order valence-corrected chi connectivity index (χ1v) is 2.79. The highest BCUT2D eigenvalue weighted by atomic mass is 32.1. The van der Waals surface area contributed by atoms with Gasteiger partial charge < -0.3 is 4.98 Å². The third kappa shape index (κ3) is 1.04.